The number of benzene rings is 2. The Kier molecular flexibility index (Phi) is 7.08. The first-order valence-electron chi connectivity index (χ1n) is 11.6. The highest BCUT2D eigenvalue weighted by Gasteiger charge is 2.29. The van der Waals surface area contributed by atoms with Crippen LogP contribution in [-0.4, -0.2) is 47.0 Å². The minimum Gasteiger partial charge on any atom is -0.444 e. The molecule has 2 heterocycles. The molecule has 1 aliphatic rings. The van der Waals surface area contributed by atoms with Gasteiger partial charge in [-0.3, -0.25) is 0 Å². The average Bonchev–Trinajstić information content (AvgIpc) is 2.83. The van der Waals surface area contributed by atoms with Crippen molar-refractivity contribution in [1.82, 2.24) is 9.88 Å². The number of amides is 1. The Bertz CT molecular complexity index is 1110. The van der Waals surface area contributed by atoms with Gasteiger partial charge >= 0.3 is 6.09 Å². The molecule has 1 fully saturated rings. The molecule has 176 valence electrons. The molecule has 1 atom stereocenters. The van der Waals surface area contributed by atoms with Gasteiger partial charge in [0, 0.05) is 29.4 Å². The molecule has 1 aromatic heterocycles. The van der Waals surface area contributed by atoms with Gasteiger partial charge in [0.1, 0.15) is 11.7 Å². The summed E-state index contributed by atoms with van der Waals surface area (Å²) in [6.45, 7) is 9.00. The molecule has 2 aromatic carbocycles. The first-order valence-corrected chi connectivity index (χ1v) is 11.6. The third kappa shape index (κ3) is 5.88. The van der Waals surface area contributed by atoms with Gasteiger partial charge in [0.15, 0.2) is 5.82 Å². The maximum Gasteiger partial charge on any atom is 0.410 e. The fraction of sp³-hybridized carbons (Fsp3) is 0.321. The van der Waals surface area contributed by atoms with Crippen LogP contribution >= 0.6 is 0 Å². The molecule has 1 unspecified atom stereocenters. The van der Waals surface area contributed by atoms with E-state index in [1.54, 1.807) is 11.1 Å². The molecule has 0 saturated carbocycles. The molecule has 0 spiro atoms. The van der Waals surface area contributed by atoms with Crippen LogP contribution in [0.4, 0.5) is 10.6 Å². The summed E-state index contributed by atoms with van der Waals surface area (Å²) in [5.41, 5.74) is 4.27. The fourth-order valence-corrected chi connectivity index (χ4v) is 3.82. The quantitative estimate of drug-likeness (QED) is 0.460. The Morgan fingerprint density at radius 2 is 1.68 bits per heavy atom. The topological polar surface area (TPSA) is 64.0 Å². The smallest absolute Gasteiger partial charge is 0.410 e. The first kappa shape index (κ1) is 23.6. The number of carbonyl (C=O) groups excluding carboxylic acids is 1. The van der Waals surface area contributed by atoms with Crippen molar-refractivity contribution < 1.29 is 14.3 Å². The highest BCUT2D eigenvalue weighted by atomic mass is 16.6. The summed E-state index contributed by atoms with van der Waals surface area (Å²) in [5, 5.41) is 0. The first-order chi connectivity index (χ1) is 16.3. The van der Waals surface area contributed by atoms with Crippen LogP contribution in [0.25, 0.3) is 0 Å². The van der Waals surface area contributed by atoms with Gasteiger partial charge in [-0.05, 0) is 39.3 Å². The summed E-state index contributed by atoms with van der Waals surface area (Å²) in [4.78, 5) is 23.8. The molecule has 4 rings (SSSR count). The van der Waals surface area contributed by atoms with Crippen LogP contribution in [-0.2, 0) is 9.47 Å². The second-order valence-corrected chi connectivity index (χ2v) is 9.39. The van der Waals surface area contributed by atoms with E-state index in [-0.39, 0.29) is 12.2 Å². The zero-order valence-corrected chi connectivity index (χ0v) is 20.2. The van der Waals surface area contributed by atoms with E-state index in [1.807, 2.05) is 70.2 Å². The number of aliphatic imine (C=N–C) groups is 1. The number of morpholine rings is 1. The van der Waals surface area contributed by atoms with E-state index < -0.39 is 5.60 Å². The number of hydrogen-bond acceptors (Lipinski definition) is 5. The van der Waals surface area contributed by atoms with E-state index in [1.165, 1.54) is 0 Å². The number of rotatable bonds is 4. The summed E-state index contributed by atoms with van der Waals surface area (Å²) in [6.07, 6.45) is 1.22. The molecule has 34 heavy (non-hydrogen) atoms. The monoisotopic (exact) mass is 457 g/mol. The molecular weight excluding hydrogens is 426 g/mol. The summed E-state index contributed by atoms with van der Waals surface area (Å²) in [5.74, 6) is 0.659. The molecule has 1 saturated heterocycles. The third-order valence-corrected chi connectivity index (χ3v) is 5.47. The van der Waals surface area contributed by atoms with Crippen molar-refractivity contribution in [1.29, 1.82) is 0 Å². The molecular formula is C28H31N3O3. The number of nitrogens with zero attached hydrogens (tertiary/aromatic N) is 3. The standard InChI is InChI=1S/C28H31N3O3/c1-20-17-23(24-19-31(15-16-33-24)27(32)34-28(2,3)4)18-29-26(20)30-25(21-11-7-5-8-12-21)22-13-9-6-10-14-22/h5-14,17-18,24H,15-16,19H2,1-4H3. The van der Waals surface area contributed by atoms with Crippen molar-refractivity contribution in [3.05, 3.63) is 95.2 Å². The highest BCUT2D eigenvalue weighted by molar-refractivity contribution is 6.13. The minimum atomic E-state index is -0.530. The Labute approximate surface area is 201 Å². The normalized spacial score (nSPS) is 16.1. The second kappa shape index (κ2) is 10.2. The van der Waals surface area contributed by atoms with E-state index in [0.717, 1.165) is 28.0 Å². The number of aromatic nitrogens is 1. The summed E-state index contributed by atoms with van der Waals surface area (Å²) in [6, 6.07) is 22.3. The van der Waals surface area contributed by atoms with Crippen LogP contribution in [0.3, 0.4) is 0 Å². The molecule has 1 amide bonds. The second-order valence-electron chi connectivity index (χ2n) is 9.39. The van der Waals surface area contributed by atoms with Crippen molar-refractivity contribution in [3.63, 3.8) is 0 Å². The maximum atomic E-state index is 12.5. The van der Waals surface area contributed by atoms with E-state index in [9.17, 15) is 4.79 Å². The maximum absolute atomic E-state index is 12.5. The van der Waals surface area contributed by atoms with E-state index in [2.05, 4.69) is 29.2 Å². The zero-order chi connectivity index (χ0) is 24.1. The molecule has 0 bridgehead atoms. The summed E-state index contributed by atoms with van der Waals surface area (Å²) in [7, 11) is 0. The molecule has 0 N–H and O–H groups in total. The number of carbonyl (C=O) groups is 1. The number of aryl methyl sites for hydroxylation is 1. The van der Waals surface area contributed by atoms with E-state index in [0.29, 0.717) is 25.5 Å². The molecule has 6 heteroatoms. The van der Waals surface area contributed by atoms with Gasteiger partial charge in [0.2, 0.25) is 0 Å². The van der Waals surface area contributed by atoms with Gasteiger partial charge in [0.05, 0.1) is 18.9 Å². The lowest BCUT2D eigenvalue weighted by atomic mass is 10.0. The Morgan fingerprint density at radius 1 is 1.06 bits per heavy atom. The SMILES string of the molecule is Cc1cc(C2CN(C(=O)OC(C)(C)C)CCO2)cnc1N=C(c1ccccc1)c1ccccc1. The van der Waals surface area contributed by atoms with E-state index >= 15 is 0 Å². The number of ether oxygens (including phenoxy) is 2. The molecule has 3 aromatic rings. The van der Waals surface area contributed by atoms with Crippen molar-refractivity contribution in [2.45, 2.75) is 39.4 Å². The lowest BCUT2D eigenvalue weighted by Gasteiger charge is -2.34. The number of hydrogen-bond donors (Lipinski definition) is 0. The van der Waals surface area contributed by atoms with Crippen LogP contribution in [0, 0.1) is 6.92 Å². The van der Waals surface area contributed by atoms with E-state index in [4.69, 9.17) is 14.5 Å². The Hall–Kier alpha value is -3.51. The lowest BCUT2D eigenvalue weighted by Crippen LogP contribution is -2.44. The molecule has 6 nitrogen and oxygen atoms in total. The van der Waals surface area contributed by atoms with Gasteiger partial charge in [-0.25, -0.2) is 14.8 Å². The predicted octanol–water partition coefficient (Wildman–Crippen LogP) is 5.87. The fourth-order valence-electron chi connectivity index (χ4n) is 3.82. The van der Waals surface area contributed by atoms with Crippen LogP contribution in [0.2, 0.25) is 0 Å². The summed E-state index contributed by atoms with van der Waals surface area (Å²) >= 11 is 0. The lowest BCUT2D eigenvalue weighted by molar-refractivity contribution is -0.0434. The average molecular weight is 458 g/mol. The largest absolute Gasteiger partial charge is 0.444 e. The van der Waals surface area contributed by atoms with Crippen molar-refractivity contribution in [3.8, 4) is 0 Å². The van der Waals surface area contributed by atoms with Gasteiger partial charge in [0.25, 0.3) is 0 Å². The van der Waals surface area contributed by atoms with Crippen LogP contribution in [0.5, 0.6) is 0 Å². The van der Waals surface area contributed by atoms with Crippen molar-refractivity contribution in [2.24, 2.45) is 4.99 Å². The van der Waals surface area contributed by atoms with Gasteiger partial charge in [-0.2, -0.15) is 0 Å². The Balaban J connectivity index is 1.59. The molecule has 1 aliphatic heterocycles. The van der Waals surface area contributed by atoms with Gasteiger partial charge in [-0.1, -0.05) is 60.7 Å². The minimum absolute atomic E-state index is 0.256. The van der Waals surface area contributed by atoms with Gasteiger partial charge in [-0.15, -0.1) is 0 Å². The van der Waals surface area contributed by atoms with Crippen LogP contribution < -0.4 is 0 Å². The van der Waals surface area contributed by atoms with Crippen molar-refractivity contribution in [2.75, 3.05) is 19.7 Å². The Morgan fingerprint density at radius 3 is 2.24 bits per heavy atom. The molecule has 0 radical (unpaired) electrons. The zero-order valence-electron chi connectivity index (χ0n) is 20.2. The number of pyridine rings is 1. The van der Waals surface area contributed by atoms with Crippen LogP contribution in [0.1, 0.15) is 49.1 Å². The third-order valence-electron chi connectivity index (χ3n) is 5.47. The highest BCUT2D eigenvalue weighted by Crippen LogP contribution is 2.27. The van der Waals surface area contributed by atoms with Gasteiger partial charge < -0.3 is 14.4 Å². The predicted molar refractivity (Wildman–Crippen MR) is 134 cm³/mol. The van der Waals surface area contributed by atoms with Crippen LogP contribution in [0.15, 0.2) is 77.9 Å². The molecule has 0 aliphatic carbocycles. The summed E-state index contributed by atoms with van der Waals surface area (Å²) < 4.78 is 11.5. The van der Waals surface area contributed by atoms with Crippen molar-refractivity contribution >= 4 is 17.6 Å².